The van der Waals surface area contributed by atoms with E-state index >= 15 is 0 Å². The summed E-state index contributed by atoms with van der Waals surface area (Å²) in [7, 11) is 0. The Bertz CT molecular complexity index is 469. The topological polar surface area (TPSA) is 87.7 Å². The van der Waals surface area contributed by atoms with Crippen LogP contribution in [0.15, 0.2) is 5.16 Å². The molecule has 4 unspecified atom stereocenters. The van der Waals surface area contributed by atoms with E-state index in [-0.39, 0.29) is 28.6 Å². The molecule has 2 aliphatic carbocycles. The van der Waals surface area contributed by atoms with Gasteiger partial charge in [0.2, 0.25) is 5.91 Å². The van der Waals surface area contributed by atoms with E-state index in [4.69, 9.17) is 10.9 Å². The van der Waals surface area contributed by atoms with Crippen molar-refractivity contribution < 1.29 is 10.0 Å². The molecule has 2 aliphatic rings. The van der Waals surface area contributed by atoms with E-state index in [1.807, 2.05) is 6.92 Å². The van der Waals surface area contributed by atoms with Crippen LogP contribution in [0, 0.1) is 22.2 Å². The van der Waals surface area contributed by atoms with Crippen molar-refractivity contribution >= 4 is 11.7 Å². The number of amides is 1. The Morgan fingerprint density at radius 2 is 2.10 bits per heavy atom. The molecule has 2 fully saturated rings. The second-order valence-corrected chi connectivity index (χ2v) is 7.99. The minimum absolute atomic E-state index is 0.0198. The van der Waals surface area contributed by atoms with Crippen LogP contribution >= 0.6 is 0 Å². The molecule has 0 radical (unpaired) electrons. The van der Waals surface area contributed by atoms with Crippen LogP contribution in [0.1, 0.15) is 60.3 Å². The Balaban J connectivity index is 2.23. The van der Waals surface area contributed by atoms with Crippen molar-refractivity contribution in [3.05, 3.63) is 0 Å². The van der Waals surface area contributed by atoms with Crippen molar-refractivity contribution in [1.82, 2.24) is 5.32 Å². The Hall–Kier alpha value is -1.26. The number of nitrogens with one attached hydrogen (secondary N) is 1. The molecule has 0 aromatic rings. The Morgan fingerprint density at radius 1 is 1.48 bits per heavy atom. The molecule has 5 nitrogen and oxygen atoms in total. The maximum Gasteiger partial charge on any atom is 0.233 e. The monoisotopic (exact) mass is 295 g/mol. The van der Waals surface area contributed by atoms with Crippen molar-refractivity contribution in [2.45, 2.75) is 66.3 Å². The van der Waals surface area contributed by atoms with Crippen LogP contribution in [-0.4, -0.2) is 23.0 Å². The molecule has 4 N–H and O–H groups in total. The third-order valence-corrected chi connectivity index (χ3v) is 6.43. The Kier molecular flexibility index (Phi) is 3.75. The number of rotatable bonds is 4. The zero-order valence-corrected chi connectivity index (χ0v) is 13.9. The van der Waals surface area contributed by atoms with Crippen LogP contribution in [0.2, 0.25) is 0 Å². The van der Waals surface area contributed by atoms with Gasteiger partial charge in [-0.3, -0.25) is 4.79 Å². The molecule has 5 heteroatoms. The molecule has 0 aromatic carbocycles. The number of carbonyl (C=O) groups is 1. The Labute approximate surface area is 127 Å². The summed E-state index contributed by atoms with van der Waals surface area (Å²) in [5.41, 5.74) is 5.07. The maximum absolute atomic E-state index is 12.8. The van der Waals surface area contributed by atoms with E-state index in [9.17, 15) is 4.79 Å². The van der Waals surface area contributed by atoms with Crippen LogP contribution in [0.3, 0.4) is 0 Å². The van der Waals surface area contributed by atoms with Crippen molar-refractivity contribution in [2.24, 2.45) is 33.1 Å². The summed E-state index contributed by atoms with van der Waals surface area (Å²) in [5, 5.41) is 15.3. The first-order valence-electron chi connectivity index (χ1n) is 7.91. The van der Waals surface area contributed by atoms with Crippen molar-refractivity contribution in [3.8, 4) is 0 Å². The number of oxime groups is 1. The summed E-state index contributed by atoms with van der Waals surface area (Å²) >= 11 is 0. The van der Waals surface area contributed by atoms with Crippen LogP contribution in [0.4, 0.5) is 0 Å². The minimum Gasteiger partial charge on any atom is -0.409 e. The molecule has 2 bridgehead atoms. The minimum atomic E-state index is -0.955. The number of nitrogens with two attached hydrogens (primary N) is 1. The number of carbonyl (C=O) groups excluding carboxylic acids is 1. The molecule has 0 spiro atoms. The fraction of sp³-hybridized carbons (Fsp3) is 0.875. The second-order valence-electron chi connectivity index (χ2n) is 7.99. The fourth-order valence-electron chi connectivity index (χ4n) is 4.52. The third kappa shape index (κ3) is 2.21. The summed E-state index contributed by atoms with van der Waals surface area (Å²) < 4.78 is 0. The first-order chi connectivity index (χ1) is 9.61. The normalized spacial score (nSPS) is 37.3. The van der Waals surface area contributed by atoms with Gasteiger partial charge in [-0.1, -0.05) is 32.9 Å². The van der Waals surface area contributed by atoms with E-state index in [2.05, 4.69) is 31.2 Å². The van der Waals surface area contributed by atoms with E-state index in [1.54, 1.807) is 6.92 Å². The molecule has 2 rings (SSSR count). The highest BCUT2D eigenvalue weighted by molar-refractivity contribution is 6.06. The van der Waals surface area contributed by atoms with E-state index in [1.165, 1.54) is 19.3 Å². The highest BCUT2D eigenvalue weighted by Gasteiger charge is 2.60. The lowest BCUT2D eigenvalue weighted by Crippen LogP contribution is -2.57. The predicted octanol–water partition coefficient (Wildman–Crippen LogP) is 2.48. The highest BCUT2D eigenvalue weighted by Crippen LogP contribution is 2.62. The largest absolute Gasteiger partial charge is 0.409 e. The Morgan fingerprint density at radius 3 is 2.52 bits per heavy atom. The number of nitrogens with zero attached hydrogens (tertiary/aromatic N) is 1. The average molecular weight is 295 g/mol. The van der Waals surface area contributed by atoms with E-state index in [0.717, 1.165) is 0 Å². The lowest BCUT2D eigenvalue weighted by atomic mass is 9.68. The average Bonchev–Trinajstić information content (AvgIpc) is 2.92. The third-order valence-electron chi connectivity index (χ3n) is 6.43. The summed E-state index contributed by atoms with van der Waals surface area (Å²) in [4.78, 5) is 12.8. The van der Waals surface area contributed by atoms with E-state index < -0.39 is 5.41 Å². The second kappa shape index (κ2) is 4.89. The lowest BCUT2D eigenvalue weighted by Gasteiger charge is -2.44. The lowest BCUT2D eigenvalue weighted by molar-refractivity contribution is -0.130. The highest BCUT2D eigenvalue weighted by atomic mass is 16.4. The molecule has 0 aromatic heterocycles. The SMILES string of the molecule is CCC(C)(C(=O)NC1C2(C)CCC(C2)C1(C)C)C(N)=NO. The molecule has 4 atom stereocenters. The first kappa shape index (κ1) is 16.1. The number of hydrogen-bond donors (Lipinski definition) is 3. The van der Waals surface area contributed by atoms with Gasteiger partial charge in [-0.25, -0.2) is 0 Å². The van der Waals surface area contributed by atoms with Gasteiger partial charge in [0.15, 0.2) is 5.84 Å². The number of fused-ring (bicyclic) bond motifs is 2. The number of amidine groups is 1. The van der Waals surface area contributed by atoms with E-state index in [0.29, 0.717) is 12.3 Å². The van der Waals surface area contributed by atoms with Crippen LogP contribution in [0.25, 0.3) is 0 Å². The molecule has 21 heavy (non-hydrogen) atoms. The first-order valence-corrected chi connectivity index (χ1v) is 7.91. The number of hydrogen-bond acceptors (Lipinski definition) is 3. The zero-order valence-electron chi connectivity index (χ0n) is 13.9. The molecule has 0 saturated heterocycles. The fourth-order valence-corrected chi connectivity index (χ4v) is 4.52. The van der Waals surface area contributed by atoms with Crippen molar-refractivity contribution in [3.63, 3.8) is 0 Å². The van der Waals surface area contributed by atoms with Gasteiger partial charge in [0.1, 0.15) is 5.41 Å². The van der Waals surface area contributed by atoms with Gasteiger partial charge in [0.05, 0.1) is 0 Å². The van der Waals surface area contributed by atoms with Gasteiger partial charge in [0.25, 0.3) is 0 Å². The summed E-state index contributed by atoms with van der Waals surface area (Å²) in [5.74, 6) is 0.519. The zero-order chi connectivity index (χ0) is 16.1. The summed E-state index contributed by atoms with van der Waals surface area (Å²) in [6, 6.07) is 0.147. The van der Waals surface area contributed by atoms with Gasteiger partial charge in [-0.15, -0.1) is 0 Å². The van der Waals surface area contributed by atoms with Crippen molar-refractivity contribution in [2.75, 3.05) is 0 Å². The maximum atomic E-state index is 12.8. The molecular weight excluding hydrogens is 266 g/mol. The standard InChI is InChI=1S/C16H29N3O2/c1-6-16(5,12(17)19-21)13(20)18-11-14(2,3)10-7-8-15(11,4)9-10/h10-11,21H,6-9H2,1-5H3,(H2,17,19)(H,18,20). The molecule has 2 saturated carbocycles. The molecule has 0 heterocycles. The van der Waals surface area contributed by atoms with Gasteiger partial charge < -0.3 is 16.3 Å². The quantitative estimate of drug-likeness (QED) is 0.322. The van der Waals surface area contributed by atoms with Crippen LogP contribution in [-0.2, 0) is 4.79 Å². The van der Waals surface area contributed by atoms with Crippen LogP contribution in [0.5, 0.6) is 0 Å². The molecule has 120 valence electrons. The van der Waals surface area contributed by atoms with Crippen LogP contribution < -0.4 is 11.1 Å². The van der Waals surface area contributed by atoms with Gasteiger partial charge in [0, 0.05) is 6.04 Å². The van der Waals surface area contributed by atoms with Gasteiger partial charge >= 0.3 is 0 Å². The predicted molar refractivity (Wildman–Crippen MR) is 83.0 cm³/mol. The van der Waals surface area contributed by atoms with Gasteiger partial charge in [-0.2, -0.15) is 0 Å². The summed E-state index contributed by atoms with van der Waals surface area (Å²) in [6.45, 7) is 10.4. The molecule has 0 aliphatic heterocycles. The smallest absolute Gasteiger partial charge is 0.233 e. The molecule has 1 amide bonds. The summed E-state index contributed by atoms with van der Waals surface area (Å²) in [6.07, 6.45) is 4.10. The van der Waals surface area contributed by atoms with Crippen molar-refractivity contribution in [1.29, 1.82) is 0 Å². The van der Waals surface area contributed by atoms with Gasteiger partial charge in [-0.05, 0) is 49.4 Å². The molecular formula is C16H29N3O2.